The van der Waals surface area contributed by atoms with Crippen molar-refractivity contribution >= 4 is 28.3 Å². The molecule has 1 amide bonds. The van der Waals surface area contributed by atoms with Gasteiger partial charge in [-0.2, -0.15) is 18.3 Å². The summed E-state index contributed by atoms with van der Waals surface area (Å²) in [6.07, 6.45) is -1.35. The summed E-state index contributed by atoms with van der Waals surface area (Å²) in [5.74, 6) is -1.19. The molecular weight excluding hydrogens is 514 g/mol. The first-order chi connectivity index (χ1) is 18.7. The highest BCUT2D eigenvalue weighted by atomic mass is 19.4. The molecule has 3 heterocycles. The Morgan fingerprint density at radius 1 is 1.03 bits per heavy atom. The first kappa shape index (κ1) is 26.6. The molecule has 0 atom stereocenters. The maximum Gasteiger partial charge on any atom is 0.416 e. The molecule has 2 aromatic carbocycles. The molecule has 1 aliphatic rings. The molecule has 3 N–H and O–H groups in total. The van der Waals surface area contributed by atoms with Gasteiger partial charge in [-0.15, -0.1) is 0 Å². The van der Waals surface area contributed by atoms with E-state index in [4.69, 9.17) is 0 Å². The van der Waals surface area contributed by atoms with Crippen LogP contribution in [-0.4, -0.2) is 70.7 Å². The molecule has 204 valence electrons. The van der Waals surface area contributed by atoms with Gasteiger partial charge in [-0.25, -0.2) is 9.37 Å². The average Bonchev–Trinajstić information content (AvgIpc) is 3.37. The van der Waals surface area contributed by atoms with Crippen molar-refractivity contribution in [2.75, 3.05) is 50.4 Å². The monoisotopic (exact) mass is 541 g/mol. The summed E-state index contributed by atoms with van der Waals surface area (Å²) >= 11 is 0. The number of carbonyl (C=O) groups is 1. The van der Waals surface area contributed by atoms with Crippen molar-refractivity contribution in [3.8, 4) is 11.1 Å². The van der Waals surface area contributed by atoms with Crippen LogP contribution in [-0.2, 0) is 17.5 Å². The highest BCUT2D eigenvalue weighted by Crippen LogP contribution is 2.34. The Kier molecular flexibility index (Phi) is 7.49. The second-order valence-electron chi connectivity index (χ2n) is 9.58. The van der Waals surface area contributed by atoms with Gasteiger partial charge in [-0.1, -0.05) is 12.1 Å². The maximum absolute atomic E-state index is 14.7. The van der Waals surface area contributed by atoms with Crippen molar-refractivity contribution in [2.45, 2.75) is 12.7 Å². The van der Waals surface area contributed by atoms with E-state index in [9.17, 15) is 22.4 Å². The Morgan fingerprint density at radius 3 is 2.56 bits per heavy atom. The molecule has 0 unspecified atom stereocenters. The van der Waals surface area contributed by atoms with Crippen molar-refractivity contribution in [3.05, 3.63) is 71.8 Å². The molecule has 0 bridgehead atoms. The topological polar surface area (TPSA) is 89.2 Å². The number of fused-ring (bicyclic) bond motifs is 1. The van der Waals surface area contributed by atoms with Crippen molar-refractivity contribution in [3.63, 3.8) is 0 Å². The van der Waals surface area contributed by atoms with E-state index < -0.39 is 23.5 Å². The Balaban J connectivity index is 1.22. The van der Waals surface area contributed by atoms with Crippen LogP contribution in [0.4, 0.5) is 28.9 Å². The lowest BCUT2D eigenvalue weighted by atomic mass is 10.0. The smallest absolute Gasteiger partial charge is 0.374 e. The van der Waals surface area contributed by atoms with Gasteiger partial charge in [0, 0.05) is 55.6 Å². The predicted molar refractivity (Wildman–Crippen MR) is 141 cm³/mol. The summed E-state index contributed by atoms with van der Waals surface area (Å²) in [5, 5.41) is 12.6. The van der Waals surface area contributed by atoms with E-state index in [0.29, 0.717) is 29.9 Å². The number of amides is 1. The normalized spacial score (nSPS) is 15.0. The van der Waals surface area contributed by atoms with Gasteiger partial charge in [0.05, 0.1) is 24.0 Å². The molecule has 1 saturated heterocycles. The highest BCUT2D eigenvalue weighted by molar-refractivity contribution is 5.94. The summed E-state index contributed by atoms with van der Waals surface area (Å²) in [5.41, 5.74) is 1.40. The number of rotatable bonds is 7. The third-order valence-corrected chi connectivity index (χ3v) is 6.72. The van der Waals surface area contributed by atoms with Crippen LogP contribution in [0.3, 0.4) is 0 Å². The number of anilines is 2. The first-order valence-electron chi connectivity index (χ1n) is 12.4. The molecule has 8 nitrogen and oxygen atoms in total. The molecule has 5 rings (SSSR count). The number of piperazine rings is 1. The molecule has 39 heavy (non-hydrogen) atoms. The van der Waals surface area contributed by atoms with Crippen LogP contribution < -0.4 is 10.6 Å². The average molecular weight is 542 g/mol. The number of aromatic amines is 1. The van der Waals surface area contributed by atoms with E-state index in [0.717, 1.165) is 24.5 Å². The minimum absolute atomic E-state index is 0.0224. The third kappa shape index (κ3) is 6.35. The number of hydrogen-bond donors (Lipinski definition) is 3. The maximum atomic E-state index is 14.7. The molecule has 4 aromatic rings. The Bertz CT molecular complexity index is 1480. The summed E-state index contributed by atoms with van der Waals surface area (Å²) in [7, 11) is 1.98. The molecule has 0 radical (unpaired) electrons. The lowest BCUT2D eigenvalue weighted by Crippen LogP contribution is -2.44. The number of H-pyrrole nitrogens is 1. The number of carbonyl (C=O) groups excluding carboxylic acids is 1. The van der Waals surface area contributed by atoms with Crippen LogP contribution in [0.1, 0.15) is 11.1 Å². The van der Waals surface area contributed by atoms with Crippen molar-refractivity contribution in [1.29, 1.82) is 0 Å². The Hall–Kier alpha value is -4.03. The van der Waals surface area contributed by atoms with Gasteiger partial charge in [0.2, 0.25) is 5.91 Å². The number of aromatic nitrogens is 3. The van der Waals surface area contributed by atoms with E-state index in [2.05, 4.69) is 30.7 Å². The second kappa shape index (κ2) is 11.0. The van der Waals surface area contributed by atoms with Gasteiger partial charge in [-0.05, 0) is 48.5 Å². The molecular formula is C27H27F4N7O. The fraction of sp³-hybridized carbons (Fsp3) is 0.296. The fourth-order valence-electron chi connectivity index (χ4n) is 4.52. The fourth-order valence-corrected chi connectivity index (χ4v) is 4.52. The SMILES string of the molecule is CN1CCN(Cc2ccc(NC(=O)CNc3ccc(-c4cnc5[nH]ncc5c4)cc3F)cc2C(F)(F)F)CC1. The lowest BCUT2D eigenvalue weighted by molar-refractivity contribution is -0.138. The summed E-state index contributed by atoms with van der Waals surface area (Å²) in [4.78, 5) is 20.8. The molecule has 1 fully saturated rings. The van der Waals surface area contributed by atoms with Gasteiger partial charge in [-0.3, -0.25) is 14.8 Å². The zero-order valence-electron chi connectivity index (χ0n) is 21.1. The molecule has 0 saturated carbocycles. The largest absolute Gasteiger partial charge is 0.416 e. The van der Waals surface area contributed by atoms with Crippen molar-refractivity contribution < 1.29 is 22.4 Å². The molecule has 0 spiro atoms. The van der Waals surface area contributed by atoms with Crippen LogP contribution >= 0.6 is 0 Å². The van der Waals surface area contributed by atoms with E-state index in [-0.39, 0.29) is 30.0 Å². The van der Waals surface area contributed by atoms with E-state index in [1.165, 1.54) is 24.3 Å². The third-order valence-electron chi connectivity index (χ3n) is 6.72. The quantitative estimate of drug-likeness (QED) is 0.297. The number of likely N-dealkylation sites (N-methyl/N-ethyl adjacent to an activating group) is 1. The Morgan fingerprint density at radius 2 is 1.82 bits per heavy atom. The molecule has 12 heteroatoms. The Labute approximate surface area is 222 Å². The van der Waals surface area contributed by atoms with Crippen LogP contribution in [0, 0.1) is 5.82 Å². The van der Waals surface area contributed by atoms with Gasteiger partial charge in [0.15, 0.2) is 5.65 Å². The standard InChI is InChI=1S/C27H27F4N7O/c1-37-6-8-38(9-7-37)16-18-2-4-21(12-22(18)27(29,30)31)35-25(39)15-32-24-5-3-17(11-23(24)28)19-10-20-14-34-36-26(20)33-13-19/h2-5,10-14,32H,6-9,15-16H2,1H3,(H,35,39)(H,33,34,36). The number of nitrogens with one attached hydrogen (secondary N) is 3. The van der Waals surface area contributed by atoms with Gasteiger partial charge in [0.1, 0.15) is 5.82 Å². The number of pyridine rings is 1. The lowest BCUT2D eigenvalue weighted by Gasteiger charge is -2.33. The zero-order chi connectivity index (χ0) is 27.6. The van der Waals surface area contributed by atoms with E-state index in [1.54, 1.807) is 18.5 Å². The van der Waals surface area contributed by atoms with Gasteiger partial charge in [0.25, 0.3) is 0 Å². The summed E-state index contributed by atoms with van der Waals surface area (Å²) in [6, 6.07) is 10.1. The van der Waals surface area contributed by atoms with Crippen LogP contribution in [0.2, 0.25) is 0 Å². The number of alkyl halides is 3. The second-order valence-corrected chi connectivity index (χ2v) is 9.58. The zero-order valence-corrected chi connectivity index (χ0v) is 21.1. The van der Waals surface area contributed by atoms with Crippen LogP contribution in [0.15, 0.2) is 54.9 Å². The van der Waals surface area contributed by atoms with Crippen LogP contribution in [0.5, 0.6) is 0 Å². The summed E-state index contributed by atoms with van der Waals surface area (Å²) in [6.45, 7) is 2.81. The molecule has 0 aliphatic carbocycles. The van der Waals surface area contributed by atoms with E-state index >= 15 is 0 Å². The van der Waals surface area contributed by atoms with Crippen LogP contribution in [0.25, 0.3) is 22.2 Å². The first-order valence-corrected chi connectivity index (χ1v) is 12.4. The van der Waals surface area contributed by atoms with Crippen molar-refractivity contribution in [2.24, 2.45) is 0 Å². The number of halogens is 4. The molecule has 1 aliphatic heterocycles. The number of hydrogen-bond acceptors (Lipinski definition) is 6. The minimum Gasteiger partial charge on any atom is -0.374 e. The van der Waals surface area contributed by atoms with Gasteiger partial charge < -0.3 is 15.5 Å². The highest BCUT2D eigenvalue weighted by Gasteiger charge is 2.34. The number of nitrogens with zero attached hydrogens (tertiary/aromatic N) is 4. The van der Waals surface area contributed by atoms with E-state index in [1.807, 2.05) is 18.0 Å². The molecule has 2 aromatic heterocycles. The van der Waals surface area contributed by atoms with Crippen molar-refractivity contribution in [1.82, 2.24) is 25.0 Å². The predicted octanol–water partition coefficient (Wildman–Crippen LogP) is 4.58. The summed E-state index contributed by atoms with van der Waals surface area (Å²) < 4.78 is 56.2. The number of benzene rings is 2. The van der Waals surface area contributed by atoms with Gasteiger partial charge >= 0.3 is 6.18 Å². The minimum atomic E-state index is -4.57.